The molecule has 4 heteroatoms. The second-order valence-electron chi connectivity index (χ2n) is 2.64. The molecule has 0 aromatic carbocycles. The standard InChI is InChI=1S/C6H12NO2P/c1-6-4-7(2)10(3,8)9-5-6/h1,4-5H2,2-3H3. The van der Waals surface area contributed by atoms with E-state index in [2.05, 4.69) is 6.58 Å². The molecule has 0 bridgehead atoms. The Morgan fingerprint density at radius 2 is 2.40 bits per heavy atom. The van der Waals surface area contributed by atoms with Crippen molar-refractivity contribution in [2.24, 2.45) is 0 Å². The summed E-state index contributed by atoms with van der Waals surface area (Å²) >= 11 is 0. The summed E-state index contributed by atoms with van der Waals surface area (Å²) < 4.78 is 18.2. The molecule has 0 radical (unpaired) electrons. The van der Waals surface area contributed by atoms with Gasteiger partial charge in [0.05, 0.1) is 6.61 Å². The predicted molar refractivity (Wildman–Crippen MR) is 41.3 cm³/mol. The van der Waals surface area contributed by atoms with Gasteiger partial charge in [0.1, 0.15) is 0 Å². The molecule has 0 spiro atoms. The van der Waals surface area contributed by atoms with E-state index < -0.39 is 7.52 Å². The Kier molecular flexibility index (Phi) is 1.99. The van der Waals surface area contributed by atoms with E-state index in [1.807, 2.05) is 0 Å². The molecule has 0 amide bonds. The third-order valence-electron chi connectivity index (χ3n) is 1.58. The summed E-state index contributed by atoms with van der Waals surface area (Å²) in [6, 6.07) is 0. The Balaban J connectivity index is 2.70. The number of nitrogens with zero attached hydrogens (tertiary/aromatic N) is 1. The van der Waals surface area contributed by atoms with Gasteiger partial charge in [-0.25, -0.2) is 4.67 Å². The number of hydrogen-bond donors (Lipinski definition) is 0. The summed E-state index contributed by atoms with van der Waals surface area (Å²) in [6.45, 7) is 6.50. The molecular formula is C6H12NO2P. The van der Waals surface area contributed by atoms with Crippen LogP contribution in [0.5, 0.6) is 0 Å². The Labute approximate surface area is 61.2 Å². The molecular weight excluding hydrogens is 149 g/mol. The minimum Gasteiger partial charge on any atom is -0.313 e. The van der Waals surface area contributed by atoms with Crippen LogP contribution in [0.4, 0.5) is 0 Å². The molecule has 58 valence electrons. The summed E-state index contributed by atoms with van der Waals surface area (Å²) in [5.41, 5.74) is 0.982. The molecule has 0 aromatic heterocycles. The number of likely N-dealkylation sites (N-methyl/N-ethyl adjacent to an activating group) is 1. The second-order valence-corrected chi connectivity index (χ2v) is 5.19. The van der Waals surface area contributed by atoms with Gasteiger partial charge < -0.3 is 4.52 Å². The zero-order valence-corrected chi connectivity index (χ0v) is 7.23. The van der Waals surface area contributed by atoms with E-state index >= 15 is 0 Å². The van der Waals surface area contributed by atoms with Crippen LogP contribution in [0.3, 0.4) is 0 Å². The normalized spacial score (nSPS) is 36.4. The first-order valence-electron chi connectivity index (χ1n) is 3.13. The van der Waals surface area contributed by atoms with Crippen LogP contribution in [0.1, 0.15) is 0 Å². The van der Waals surface area contributed by atoms with Crippen molar-refractivity contribution in [2.75, 3.05) is 26.9 Å². The molecule has 1 saturated heterocycles. The molecule has 1 fully saturated rings. The lowest BCUT2D eigenvalue weighted by molar-refractivity contribution is 0.269. The Morgan fingerprint density at radius 1 is 1.80 bits per heavy atom. The highest BCUT2D eigenvalue weighted by molar-refractivity contribution is 7.55. The zero-order chi connectivity index (χ0) is 7.78. The van der Waals surface area contributed by atoms with E-state index in [4.69, 9.17) is 4.52 Å². The van der Waals surface area contributed by atoms with Crippen molar-refractivity contribution >= 4 is 7.52 Å². The van der Waals surface area contributed by atoms with E-state index in [0.29, 0.717) is 13.2 Å². The molecule has 0 aliphatic carbocycles. The van der Waals surface area contributed by atoms with Gasteiger partial charge in [0.25, 0.3) is 7.52 Å². The first-order chi connectivity index (χ1) is 4.52. The van der Waals surface area contributed by atoms with Crippen LogP contribution in [0.25, 0.3) is 0 Å². The smallest absolute Gasteiger partial charge is 0.269 e. The van der Waals surface area contributed by atoms with E-state index in [-0.39, 0.29) is 0 Å². The van der Waals surface area contributed by atoms with E-state index in [1.165, 1.54) is 0 Å². The van der Waals surface area contributed by atoms with Crippen molar-refractivity contribution in [3.05, 3.63) is 12.2 Å². The van der Waals surface area contributed by atoms with Gasteiger partial charge in [0.15, 0.2) is 0 Å². The van der Waals surface area contributed by atoms with Gasteiger partial charge in [-0.05, 0) is 12.6 Å². The number of rotatable bonds is 0. The van der Waals surface area contributed by atoms with Crippen LogP contribution >= 0.6 is 7.52 Å². The summed E-state index contributed by atoms with van der Waals surface area (Å²) in [5.74, 6) is 0. The minimum atomic E-state index is -2.44. The summed E-state index contributed by atoms with van der Waals surface area (Å²) in [4.78, 5) is 0. The fourth-order valence-electron chi connectivity index (χ4n) is 0.807. The van der Waals surface area contributed by atoms with Crippen molar-refractivity contribution in [1.82, 2.24) is 4.67 Å². The topological polar surface area (TPSA) is 29.5 Å². The summed E-state index contributed by atoms with van der Waals surface area (Å²) in [5, 5.41) is 0. The molecule has 1 unspecified atom stereocenters. The van der Waals surface area contributed by atoms with Crippen LogP contribution in [-0.2, 0) is 9.09 Å². The van der Waals surface area contributed by atoms with Crippen molar-refractivity contribution < 1.29 is 9.09 Å². The third-order valence-corrected chi connectivity index (χ3v) is 3.57. The van der Waals surface area contributed by atoms with Crippen LogP contribution in [0.15, 0.2) is 12.2 Å². The molecule has 1 rings (SSSR count). The Hall–Kier alpha value is -0.110. The monoisotopic (exact) mass is 161 g/mol. The number of hydrogen-bond acceptors (Lipinski definition) is 2. The molecule has 1 aliphatic heterocycles. The SMILES string of the molecule is C=C1COP(C)(=O)N(C)C1. The van der Waals surface area contributed by atoms with E-state index in [0.717, 1.165) is 5.57 Å². The van der Waals surface area contributed by atoms with Crippen LogP contribution in [-0.4, -0.2) is 31.5 Å². The predicted octanol–water partition coefficient (Wildman–Crippen LogP) is 1.33. The molecule has 1 heterocycles. The lowest BCUT2D eigenvalue weighted by atomic mass is 10.3. The fourth-order valence-corrected chi connectivity index (χ4v) is 1.88. The van der Waals surface area contributed by atoms with Crippen molar-refractivity contribution in [2.45, 2.75) is 0 Å². The molecule has 0 aromatic rings. The highest BCUT2D eigenvalue weighted by Crippen LogP contribution is 2.48. The largest absolute Gasteiger partial charge is 0.313 e. The summed E-state index contributed by atoms with van der Waals surface area (Å²) in [7, 11) is -0.660. The van der Waals surface area contributed by atoms with Gasteiger partial charge in [-0.2, -0.15) is 0 Å². The molecule has 1 atom stereocenters. The van der Waals surface area contributed by atoms with Crippen molar-refractivity contribution in [3.8, 4) is 0 Å². The van der Waals surface area contributed by atoms with Gasteiger partial charge in [-0.1, -0.05) is 6.58 Å². The average Bonchev–Trinajstić information content (AvgIpc) is 1.81. The Morgan fingerprint density at radius 3 is 2.80 bits per heavy atom. The Bertz CT molecular complexity index is 202. The molecule has 0 saturated carbocycles. The first-order valence-corrected chi connectivity index (χ1v) is 5.15. The highest BCUT2D eigenvalue weighted by atomic mass is 31.2. The highest BCUT2D eigenvalue weighted by Gasteiger charge is 2.27. The van der Waals surface area contributed by atoms with Gasteiger partial charge in [-0.3, -0.25) is 4.57 Å². The van der Waals surface area contributed by atoms with Gasteiger partial charge in [0, 0.05) is 13.2 Å². The lowest BCUT2D eigenvalue weighted by Crippen LogP contribution is -2.25. The van der Waals surface area contributed by atoms with Crippen LogP contribution in [0, 0.1) is 0 Å². The van der Waals surface area contributed by atoms with Gasteiger partial charge in [0.2, 0.25) is 0 Å². The molecule has 1 aliphatic rings. The van der Waals surface area contributed by atoms with Gasteiger partial charge in [-0.15, -0.1) is 0 Å². The fraction of sp³-hybridized carbons (Fsp3) is 0.667. The molecule has 3 nitrogen and oxygen atoms in total. The van der Waals surface area contributed by atoms with Crippen LogP contribution in [0.2, 0.25) is 0 Å². The summed E-state index contributed by atoms with van der Waals surface area (Å²) in [6.07, 6.45) is 0. The maximum atomic E-state index is 11.4. The molecule has 10 heavy (non-hydrogen) atoms. The minimum absolute atomic E-state index is 0.443. The van der Waals surface area contributed by atoms with E-state index in [1.54, 1.807) is 18.4 Å². The van der Waals surface area contributed by atoms with E-state index in [9.17, 15) is 4.57 Å². The van der Waals surface area contributed by atoms with Crippen LogP contribution < -0.4 is 0 Å². The zero-order valence-electron chi connectivity index (χ0n) is 6.33. The average molecular weight is 161 g/mol. The van der Waals surface area contributed by atoms with Crippen molar-refractivity contribution in [1.29, 1.82) is 0 Å². The maximum Gasteiger partial charge on any atom is 0.269 e. The maximum absolute atomic E-state index is 11.4. The molecule has 0 N–H and O–H groups in total. The lowest BCUT2D eigenvalue weighted by Gasteiger charge is -2.30. The van der Waals surface area contributed by atoms with Crippen molar-refractivity contribution in [3.63, 3.8) is 0 Å². The second kappa shape index (κ2) is 2.50. The third kappa shape index (κ3) is 1.48. The first kappa shape index (κ1) is 7.99. The quantitative estimate of drug-likeness (QED) is 0.396. The van der Waals surface area contributed by atoms with Gasteiger partial charge >= 0.3 is 0 Å².